The molecule has 0 saturated carbocycles. The maximum atomic E-state index is 12.3. The van der Waals surface area contributed by atoms with E-state index in [-0.39, 0.29) is 12.7 Å². The molecule has 1 N–H and O–H groups in total. The summed E-state index contributed by atoms with van der Waals surface area (Å²) in [5.74, 6) is 0. The van der Waals surface area contributed by atoms with Crippen molar-refractivity contribution in [1.29, 1.82) is 0 Å². The number of alkyl halides is 1. The van der Waals surface area contributed by atoms with Crippen molar-refractivity contribution in [2.24, 2.45) is 0 Å². The summed E-state index contributed by atoms with van der Waals surface area (Å²) >= 11 is 0. The van der Waals surface area contributed by atoms with Gasteiger partial charge in [-0.05, 0) is 0 Å². The van der Waals surface area contributed by atoms with E-state index in [4.69, 9.17) is 4.74 Å². The Labute approximate surface area is 71.9 Å². The Kier molecular flexibility index (Phi) is 2.58. The summed E-state index contributed by atoms with van der Waals surface area (Å²) in [6, 6.07) is 0.515. The molecule has 70 valence electrons. The first kappa shape index (κ1) is 8.41. The third-order valence-corrected chi connectivity index (χ3v) is 2.63. The van der Waals surface area contributed by atoms with Gasteiger partial charge in [0.2, 0.25) is 0 Å². The first-order valence-electron chi connectivity index (χ1n) is 4.51. The van der Waals surface area contributed by atoms with Gasteiger partial charge in [-0.2, -0.15) is 0 Å². The second-order valence-electron chi connectivity index (χ2n) is 3.48. The molecule has 0 aromatic rings. The van der Waals surface area contributed by atoms with Gasteiger partial charge in [0.1, 0.15) is 6.67 Å². The lowest BCUT2D eigenvalue weighted by molar-refractivity contribution is -0.0278. The highest BCUT2D eigenvalue weighted by atomic mass is 19.1. The van der Waals surface area contributed by atoms with Crippen molar-refractivity contribution < 1.29 is 9.13 Å². The zero-order chi connectivity index (χ0) is 8.39. The van der Waals surface area contributed by atoms with E-state index in [1.165, 1.54) is 0 Å². The van der Waals surface area contributed by atoms with Gasteiger partial charge in [-0.15, -0.1) is 0 Å². The molecule has 12 heavy (non-hydrogen) atoms. The lowest BCUT2D eigenvalue weighted by Crippen LogP contribution is -2.61. The highest BCUT2D eigenvalue weighted by Gasteiger charge is 2.29. The average Bonchev–Trinajstić information content (AvgIpc) is 2.17. The molecule has 2 saturated heterocycles. The molecule has 0 radical (unpaired) electrons. The maximum absolute atomic E-state index is 12.3. The molecule has 2 atom stereocenters. The highest BCUT2D eigenvalue weighted by Crippen LogP contribution is 2.11. The third kappa shape index (κ3) is 1.60. The molecule has 0 amide bonds. The van der Waals surface area contributed by atoms with Crippen molar-refractivity contribution in [2.45, 2.75) is 12.1 Å². The molecule has 2 aliphatic heterocycles. The summed E-state index contributed by atoms with van der Waals surface area (Å²) in [5.41, 5.74) is 0. The number of fused-ring (bicyclic) bond motifs is 1. The van der Waals surface area contributed by atoms with Gasteiger partial charge in [-0.25, -0.2) is 4.39 Å². The summed E-state index contributed by atoms with van der Waals surface area (Å²) in [4.78, 5) is 2.32. The van der Waals surface area contributed by atoms with E-state index < -0.39 is 0 Å². The Morgan fingerprint density at radius 3 is 3.33 bits per heavy atom. The van der Waals surface area contributed by atoms with Crippen molar-refractivity contribution >= 4 is 0 Å². The van der Waals surface area contributed by atoms with Crippen LogP contribution in [0.2, 0.25) is 0 Å². The molecule has 0 aromatic carbocycles. The van der Waals surface area contributed by atoms with Crippen molar-refractivity contribution in [1.82, 2.24) is 10.2 Å². The van der Waals surface area contributed by atoms with Gasteiger partial charge >= 0.3 is 0 Å². The normalized spacial score (nSPS) is 37.8. The Bertz CT molecular complexity index is 156. The fraction of sp³-hybridized carbons (Fsp3) is 1.00. The largest absolute Gasteiger partial charge is 0.378 e. The van der Waals surface area contributed by atoms with E-state index in [1.807, 2.05) is 0 Å². The second-order valence-corrected chi connectivity index (χ2v) is 3.48. The first-order valence-corrected chi connectivity index (χ1v) is 4.51. The SMILES string of the molecule is FC[C@@H]1CN2CCOCC2CN1. The number of morpholine rings is 1. The average molecular weight is 174 g/mol. The van der Waals surface area contributed by atoms with Crippen LogP contribution in [-0.4, -0.2) is 56.5 Å². The monoisotopic (exact) mass is 174 g/mol. The fourth-order valence-electron chi connectivity index (χ4n) is 1.87. The standard InChI is InChI=1S/C8H15FN2O/c9-3-7-5-11-1-2-12-6-8(11)4-10-7/h7-8,10H,1-6H2/t7-,8?/m1/s1. The van der Waals surface area contributed by atoms with Crippen molar-refractivity contribution in [3.05, 3.63) is 0 Å². The van der Waals surface area contributed by atoms with E-state index in [2.05, 4.69) is 10.2 Å². The van der Waals surface area contributed by atoms with Gasteiger partial charge in [-0.3, -0.25) is 4.90 Å². The van der Waals surface area contributed by atoms with Gasteiger partial charge in [0.05, 0.1) is 13.2 Å². The van der Waals surface area contributed by atoms with Crippen LogP contribution < -0.4 is 5.32 Å². The molecule has 2 fully saturated rings. The molecule has 0 bridgehead atoms. The zero-order valence-corrected chi connectivity index (χ0v) is 7.13. The quantitative estimate of drug-likeness (QED) is 0.587. The molecule has 2 rings (SSSR count). The van der Waals surface area contributed by atoms with Crippen LogP contribution in [0, 0.1) is 0 Å². The lowest BCUT2D eigenvalue weighted by Gasteiger charge is -2.42. The summed E-state index contributed by atoms with van der Waals surface area (Å²) < 4.78 is 17.6. The molecular weight excluding hydrogens is 159 g/mol. The number of hydrogen-bond acceptors (Lipinski definition) is 3. The first-order chi connectivity index (χ1) is 5.90. The number of halogens is 1. The Morgan fingerprint density at radius 1 is 1.58 bits per heavy atom. The second kappa shape index (κ2) is 3.68. The van der Waals surface area contributed by atoms with Gasteiger partial charge < -0.3 is 10.1 Å². The molecule has 2 aliphatic rings. The van der Waals surface area contributed by atoms with Crippen LogP contribution in [0.3, 0.4) is 0 Å². The van der Waals surface area contributed by atoms with Gasteiger partial charge in [0, 0.05) is 31.7 Å². The van der Waals surface area contributed by atoms with Gasteiger partial charge in [0.15, 0.2) is 0 Å². The fourth-order valence-corrected chi connectivity index (χ4v) is 1.87. The molecule has 4 heteroatoms. The number of piperazine rings is 1. The highest BCUT2D eigenvalue weighted by molar-refractivity contribution is 4.87. The predicted octanol–water partition coefficient (Wildman–Crippen LogP) is -0.372. The molecule has 0 aromatic heterocycles. The molecule has 0 aliphatic carbocycles. The van der Waals surface area contributed by atoms with E-state index in [0.29, 0.717) is 6.04 Å². The zero-order valence-electron chi connectivity index (χ0n) is 7.13. The van der Waals surface area contributed by atoms with Gasteiger partial charge in [0.25, 0.3) is 0 Å². The van der Waals surface area contributed by atoms with Crippen molar-refractivity contribution in [2.75, 3.05) is 39.5 Å². The van der Waals surface area contributed by atoms with Crippen LogP contribution in [0.5, 0.6) is 0 Å². The van der Waals surface area contributed by atoms with Crippen molar-refractivity contribution in [3.63, 3.8) is 0 Å². The molecule has 0 spiro atoms. The number of nitrogens with one attached hydrogen (secondary N) is 1. The van der Waals surface area contributed by atoms with Crippen LogP contribution in [0.15, 0.2) is 0 Å². The number of rotatable bonds is 1. The minimum Gasteiger partial charge on any atom is -0.378 e. The van der Waals surface area contributed by atoms with E-state index >= 15 is 0 Å². The summed E-state index contributed by atoms with van der Waals surface area (Å²) in [6.45, 7) is 4.01. The topological polar surface area (TPSA) is 24.5 Å². The van der Waals surface area contributed by atoms with Crippen LogP contribution in [0.1, 0.15) is 0 Å². The Morgan fingerprint density at radius 2 is 2.50 bits per heavy atom. The summed E-state index contributed by atoms with van der Waals surface area (Å²) in [6.07, 6.45) is 0. The molecule has 3 nitrogen and oxygen atoms in total. The minimum atomic E-state index is -0.260. The van der Waals surface area contributed by atoms with E-state index in [1.54, 1.807) is 0 Å². The Hall–Kier alpha value is -0.190. The predicted molar refractivity (Wildman–Crippen MR) is 43.9 cm³/mol. The van der Waals surface area contributed by atoms with E-state index in [9.17, 15) is 4.39 Å². The lowest BCUT2D eigenvalue weighted by atomic mass is 10.1. The minimum absolute atomic E-state index is 0.0411. The molecule has 2 heterocycles. The van der Waals surface area contributed by atoms with Gasteiger partial charge in [-0.1, -0.05) is 0 Å². The molecule has 1 unspecified atom stereocenters. The van der Waals surface area contributed by atoms with Crippen LogP contribution in [0.4, 0.5) is 4.39 Å². The summed E-state index contributed by atoms with van der Waals surface area (Å²) in [5, 5.41) is 3.17. The number of ether oxygens (including phenoxy) is 1. The summed E-state index contributed by atoms with van der Waals surface area (Å²) in [7, 11) is 0. The van der Waals surface area contributed by atoms with Crippen LogP contribution >= 0.6 is 0 Å². The number of hydrogen-bond donors (Lipinski definition) is 1. The smallest absolute Gasteiger partial charge is 0.106 e. The van der Waals surface area contributed by atoms with Crippen LogP contribution in [0.25, 0.3) is 0 Å². The van der Waals surface area contributed by atoms with E-state index in [0.717, 1.165) is 32.8 Å². The maximum Gasteiger partial charge on any atom is 0.106 e. The molecular formula is C8H15FN2O. The van der Waals surface area contributed by atoms with Crippen molar-refractivity contribution in [3.8, 4) is 0 Å². The third-order valence-electron chi connectivity index (χ3n) is 2.63. The number of nitrogens with zero attached hydrogens (tertiary/aromatic N) is 1. The van der Waals surface area contributed by atoms with Crippen LogP contribution in [-0.2, 0) is 4.74 Å². The Balaban J connectivity index is 1.90.